The van der Waals surface area contributed by atoms with Gasteiger partial charge in [0.15, 0.2) is 0 Å². The number of rotatable bonds is 4. The van der Waals surface area contributed by atoms with Crippen LogP contribution in [-0.4, -0.2) is 22.0 Å². The minimum atomic E-state index is -0.347. The first-order valence-electron chi connectivity index (χ1n) is 10.3. The Morgan fingerprint density at radius 3 is 2.65 bits per heavy atom. The molecular weight excluding hydrogens is 413 g/mol. The summed E-state index contributed by atoms with van der Waals surface area (Å²) < 4.78 is 16.6. The van der Waals surface area contributed by atoms with Gasteiger partial charge < -0.3 is 9.47 Å². The number of anilines is 1. The van der Waals surface area contributed by atoms with Crippen LogP contribution in [0.3, 0.4) is 0 Å². The van der Waals surface area contributed by atoms with Crippen LogP contribution in [0, 0.1) is 12.7 Å². The molecule has 0 unspecified atom stereocenters. The van der Waals surface area contributed by atoms with Gasteiger partial charge in [0.1, 0.15) is 11.6 Å². The number of hydrogen-bond donors (Lipinski definition) is 0. The van der Waals surface area contributed by atoms with Crippen LogP contribution in [-0.2, 0) is 11.3 Å². The van der Waals surface area contributed by atoms with Gasteiger partial charge in [0, 0.05) is 35.2 Å². The average molecular weight is 434 g/mol. The van der Waals surface area contributed by atoms with E-state index in [0.29, 0.717) is 23.6 Å². The fourth-order valence-electron chi connectivity index (χ4n) is 4.39. The van der Waals surface area contributed by atoms with E-state index in [4.69, 9.17) is 16.6 Å². The van der Waals surface area contributed by atoms with Crippen LogP contribution in [0.2, 0.25) is 5.02 Å². The van der Waals surface area contributed by atoms with Crippen LogP contribution in [0.1, 0.15) is 29.3 Å². The third-order valence-corrected chi connectivity index (χ3v) is 6.31. The van der Waals surface area contributed by atoms with Gasteiger partial charge in [0.05, 0.1) is 17.6 Å². The number of benzene rings is 3. The van der Waals surface area contributed by atoms with Crippen LogP contribution >= 0.6 is 11.6 Å². The molecule has 156 valence electrons. The fourth-order valence-corrected chi connectivity index (χ4v) is 4.62. The van der Waals surface area contributed by atoms with Gasteiger partial charge in [-0.3, -0.25) is 4.79 Å². The van der Waals surface area contributed by atoms with Gasteiger partial charge >= 0.3 is 0 Å². The largest absolute Gasteiger partial charge is 0.323 e. The summed E-state index contributed by atoms with van der Waals surface area (Å²) in [6.07, 6.45) is 0.364. The maximum atomic E-state index is 14.6. The number of imidazole rings is 1. The molecule has 0 saturated carbocycles. The smallest absolute Gasteiger partial charge is 0.227 e. The number of halogens is 2. The predicted molar refractivity (Wildman–Crippen MR) is 121 cm³/mol. The summed E-state index contributed by atoms with van der Waals surface area (Å²) in [7, 11) is 0. The summed E-state index contributed by atoms with van der Waals surface area (Å²) >= 11 is 6.32. The highest BCUT2D eigenvalue weighted by Gasteiger charge is 2.35. The molecule has 31 heavy (non-hydrogen) atoms. The molecule has 1 aliphatic heterocycles. The number of hydrogen-bond acceptors (Lipinski definition) is 2. The number of amides is 1. The fraction of sp³-hybridized carbons (Fsp3) is 0.200. The van der Waals surface area contributed by atoms with Crippen molar-refractivity contribution in [3.63, 3.8) is 0 Å². The lowest BCUT2D eigenvalue weighted by atomic mass is 10.1. The maximum absolute atomic E-state index is 14.6. The second-order valence-corrected chi connectivity index (χ2v) is 8.34. The minimum Gasteiger partial charge on any atom is -0.323 e. The van der Waals surface area contributed by atoms with Gasteiger partial charge in [0.2, 0.25) is 5.91 Å². The molecule has 1 saturated heterocycles. The quantitative estimate of drug-likeness (QED) is 0.413. The normalized spacial score (nSPS) is 16.4. The average Bonchev–Trinajstić information content (AvgIpc) is 3.32. The Labute approximate surface area is 184 Å². The van der Waals surface area contributed by atoms with Crippen LogP contribution in [0.5, 0.6) is 0 Å². The van der Waals surface area contributed by atoms with Crippen LogP contribution < -0.4 is 4.90 Å². The Bertz CT molecular complexity index is 1280. The summed E-state index contributed by atoms with van der Waals surface area (Å²) in [4.78, 5) is 19.6. The van der Waals surface area contributed by atoms with E-state index < -0.39 is 0 Å². The zero-order valence-corrected chi connectivity index (χ0v) is 17.8. The van der Waals surface area contributed by atoms with Crippen molar-refractivity contribution in [3.8, 4) is 0 Å². The highest BCUT2D eigenvalue weighted by molar-refractivity contribution is 6.31. The third kappa shape index (κ3) is 3.49. The van der Waals surface area contributed by atoms with E-state index in [1.165, 1.54) is 6.07 Å². The molecule has 1 fully saturated rings. The molecule has 0 radical (unpaired) electrons. The first-order chi connectivity index (χ1) is 15.0. The van der Waals surface area contributed by atoms with E-state index in [1.807, 2.05) is 64.9 Å². The van der Waals surface area contributed by atoms with Crippen molar-refractivity contribution >= 4 is 34.2 Å². The molecule has 6 heteroatoms. The number of nitrogens with zero attached hydrogens (tertiary/aromatic N) is 3. The van der Waals surface area contributed by atoms with Gasteiger partial charge in [-0.15, -0.1) is 0 Å². The van der Waals surface area contributed by atoms with Crippen molar-refractivity contribution in [2.75, 3.05) is 11.4 Å². The topological polar surface area (TPSA) is 38.1 Å². The Balaban J connectivity index is 1.57. The first-order valence-corrected chi connectivity index (χ1v) is 10.6. The molecule has 3 aromatic carbocycles. The molecule has 0 bridgehead atoms. The zero-order chi connectivity index (χ0) is 21.5. The Morgan fingerprint density at radius 2 is 1.84 bits per heavy atom. The van der Waals surface area contributed by atoms with Gasteiger partial charge in [-0.25, -0.2) is 9.37 Å². The molecule has 1 atom stereocenters. The van der Waals surface area contributed by atoms with Crippen molar-refractivity contribution < 1.29 is 9.18 Å². The standard InChI is InChI=1S/C25H21ClFN3O/c1-16-7-2-4-11-22(16)29-14-17(13-24(29)31)25-28-21-10-3-5-12-23(21)30(25)15-18-19(26)8-6-9-20(18)27/h2-12,17H,13-15H2,1H3/t17-/m0/s1. The van der Waals surface area contributed by atoms with E-state index in [2.05, 4.69) is 0 Å². The maximum Gasteiger partial charge on any atom is 0.227 e. The number of fused-ring (bicyclic) bond motifs is 1. The van der Waals surface area contributed by atoms with E-state index in [-0.39, 0.29) is 24.2 Å². The van der Waals surface area contributed by atoms with Crippen molar-refractivity contribution in [2.24, 2.45) is 0 Å². The van der Waals surface area contributed by atoms with Gasteiger partial charge in [-0.2, -0.15) is 0 Å². The number of aryl methyl sites for hydroxylation is 1. The van der Waals surface area contributed by atoms with Crippen molar-refractivity contribution in [1.29, 1.82) is 0 Å². The molecule has 2 heterocycles. The molecule has 4 nitrogen and oxygen atoms in total. The van der Waals surface area contributed by atoms with E-state index in [1.54, 1.807) is 12.1 Å². The first kappa shape index (κ1) is 19.8. The second kappa shape index (κ2) is 7.82. The van der Waals surface area contributed by atoms with Gasteiger partial charge in [-0.05, 0) is 42.8 Å². The summed E-state index contributed by atoms with van der Waals surface area (Å²) in [5, 5.41) is 0.382. The van der Waals surface area contributed by atoms with Crippen molar-refractivity contribution in [3.05, 3.63) is 94.5 Å². The van der Waals surface area contributed by atoms with Crippen LogP contribution in [0.25, 0.3) is 11.0 Å². The molecule has 5 rings (SSSR count). The SMILES string of the molecule is Cc1ccccc1N1C[C@@H](c2nc3ccccc3n2Cc2c(F)cccc2Cl)CC1=O. The number of para-hydroxylation sites is 3. The zero-order valence-electron chi connectivity index (χ0n) is 17.1. The molecule has 1 aromatic heterocycles. The molecule has 0 spiro atoms. The Morgan fingerprint density at radius 1 is 1.06 bits per heavy atom. The van der Waals surface area contributed by atoms with E-state index in [9.17, 15) is 9.18 Å². The van der Waals surface area contributed by atoms with Crippen molar-refractivity contribution in [1.82, 2.24) is 9.55 Å². The molecular formula is C25H21ClFN3O. The summed E-state index contributed by atoms with van der Waals surface area (Å²) in [6.45, 7) is 2.81. The highest BCUT2D eigenvalue weighted by atomic mass is 35.5. The van der Waals surface area contributed by atoms with Crippen LogP contribution in [0.15, 0.2) is 66.7 Å². The van der Waals surface area contributed by atoms with E-state index >= 15 is 0 Å². The molecule has 4 aromatic rings. The second-order valence-electron chi connectivity index (χ2n) is 7.94. The Hall–Kier alpha value is -3.18. The minimum absolute atomic E-state index is 0.0711. The van der Waals surface area contributed by atoms with Gasteiger partial charge in [0.25, 0.3) is 0 Å². The van der Waals surface area contributed by atoms with Crippen LogP contribution in [0.4, 0.5) is 10.1 Å². The summed E-state index contributed by atoms with van der Waals surface area (Å²) in [5.74, 6) is 0.414. The highest BCUT2D eigenvalue weighted by Crippen LogP contribution is 2.35. The third-order valence-electron chi connectivity index (χ3n) is 5.96. The monoisotopic (exact) mass is 433 g/mol. The molecule has 0 N–H and O–H groups in total. The molecule has 1 aliphatic rings. The number of carbonyl (C=O) groups is 1. The van der Waals surface area contributed by atoms with Crippen molar-refractivity contribution in [2.45, 2.75) is 25.8 Å². The molecule has 1 amide bonds. The lowest BCUT2D eigenvalue weighted by molar-refractivity contribution is -0.117. The predicted octanol–water partition coefficient (Wildman–Crippen LogP) is 5.71. The number of carbonyl (C=O) groups excluding carboxylic acids is 1. The van der Waals surface area contributed by atoms with E-state index in [0.717, 1.165) is 28.1 Å². The molecule has 0 aliphatic carbocycles. The Kier molecular flexibility index (Phi) is 4.98. The van der Waals surface area contributed by atoms with Gasteiger partial charge in [-0.1, -0.05) is 48.0 Å². The lowest BCUT2D eigenvalue weighted by Crippen LogP contribution is -2.25. The lowest BCUT2D eigenvalue weighted by Gasteiger charge is -2.19. The summed E-state index contributed by atoms with van der Waals surface area (Å²) in [6, 6.07) is 20.4. The summed E-state index contributed by atoms with van der Waals surface area (Å²) in [5.41, 5.74) is 4.14. The number of aromatic nitrogens is 2.